The molecule has 3 nitrogen and oxygen atoms in total. The van der Waals surface area contributed by atoms with Crippen molar-refractivity contribution in [3.05, 3.63) is 42.7 Å². The van der Waals surface area contributed by atoms with E-state index in [4.69, 9.17) is 0 Å². The van der Waals surface area contributed by atoms with Crippen molar-refractivity contribution in [2.75, 3.05) is 6.54 Å². The van der Waals surface area contributed by atoms with Crippen LogP contribution in [0.1, 0.15) is 26.7 Å². The van der Waals surface area contributed by atoms with E-state index in [0.717, 1.165) is 18.9 Å². The highest BCUT2D eigenvalue weighted by atomic mass is 15.1. The minimum absolute atomic E-state index is 0.591. The first-order chi connectivity index (χ1) is 9.31. The average molecular weight is 257 g/mol. The third kappa shape index (κ3) is 3.93. The minimum atomic E-state index is 0.591. The van der Waals surface area contributed by atoms with Gasteiger partial charge in [-0.25, -0.2) is 4.98 Å². The molecule has 0 aliphatic heterocycles. The molecule has 19 heavy (non-hydrogen) atoms. The third-order valence-corrected chi connectivity index (χ3v) is 3.31. The maximum absolute atomic E-state index is 4.46. The summed E-state index contributed by atoms with van der Waals surface area (Å²) in [4.78, 5) is 4.46. The number of hydrogen-bond acceptors (Lipinski definition) is 2. The van der Waals surface area contributed by atoms with E-state index >= 15 is 0 Å². The summed E-state index contributed by atoms with van der Waals surface area (Å²) < 4.78 is 2.21. The predicted molar refractivity (Wildman–Crippen MR) is 80.0 cm³/mol. The second-order valence-electron chi connectivity index (χ2n) is 4.95. The van der Waals surface area contributed by atoms with Crippen LogP contribution in [0, 0.1) is 0 Å². The van der Waals surface area contributed by atoms with E-state index in [1.807, 2.05) is 12.3 Å². The van der Waals surface area contributed by atoms with Crippen molar-refractivity contribution in [2.45, 2.75) is 39.3 Å². The number of nitrogens with one attached hydrogen (secondary N) is 1. The topological polar surface area (TPSA) is 29.9 Å². The van der Waals surface area contributed by atoms with Crippen LogP contribution in [-0.4, -0.2) is 22.1 Å². The Morgan fingerprint density at radius 2 is 2.05 bits per heavy atom. The lowest BCUT2D eigenvalue weighted by molar-refractivity contribution is 0.487. The Bertz CT molecular complexity index is 476. The summed E-state index contributed by atoms with van der Waals surface area (Å²) >= 11 is 0. The van der Waals surface area contributed by atoms with Gasteiger partial charge in [0.15, 0.2) is 0 Å². The standard InChI is InChI=1S/C16H23N3/c1-3-7-14(2)17-10-12-19-13-11-18-16(19)15-8-5-4-6-9-15/h4-6,8-9,11,13-14,17H,3,7,10,12H2,1-2H3. The molecule has 102 valence electrons. The van der Waals surface area contributed by atoms with Gasteiger partial charge in [0.1, 0.15) is 5.82 Å². The minimum Gasteiger partial charge on any atom is -0.330 e. The summed E-state index contributed by atoms with van der Waals surface area (Å²) in [6.45, 7) is 6.41. The molecule has 1 atom stereocenters. The molecule has 1 heterocycles. The van der Waals surface area contributed by atoms with Crippen LogP contribution in [0.4, 0.5) is 0 Å². The molecule has 1 aromatic carbocycles. The number of imidazole rings is 1. The molecule has 0 aliphatic carbocycles. The molecule has 0 fully saturated rings. The highest BCUT2D eigenvalue weighted by Crippen LogP contribution is 2.16. The smallest absolute Gasteiger partial charge is 0.139 e. The van der Waals surface area contributed by atoms with Crippen molar-refractivity contribution in [1.82, 2.24) is 14.9 Å². The average Bonchev–Trinajstić information content (AvgIpc) is 2.88. The molecule has 0 saturated carbocycles. The first kappa shape index (κ1) is 13.8. The van der Waals surface area contributed by atoms with Crippen molar-refractivity contribution in [3.63, 3.8) is 0 Å². The molecule has 0 radical (unpaired) electrons. The number of nitrogens with zero attached hydrogens (tertiary/aromatic N) is 2. The second-order valence-corrected chi connectivity index (χ2v) is 4.95. The summed E-state index contributed by atoms with van der Waals surface area (Å²) in [5.41, 5.74) is 1.18. The van der Waals surface area contributed by atoms with Crippen molar-refractivity contribution in [1.29, 1.82) is 0 Å². The van der Waals surface area contributed by atoms with Crippen LogP contribution in [0.15, 0.2) is 42.7 Å². The first-order valence-corrected chi connectivity index (χ1v) is 7.11. The van der Waals surface area contributed by atoms with Crippen LogP contribution in [0.25, 0.3) is 11.4 Å². The maximum Gasteiger partial charge on any atom is 0.139 e. The second kappa shape index (κ2) is 7.10. The van der Waals surface area contributed by atoms with Gasteiger partial charge in [0, 0.05) is 37.1 Å². The van der Waals surface area contributed by atoms with Crippen LogP contribution < -0.4 is 5.32 Å². The fourth-order valence-electron chi connectivity index (χ4n) is 2.30. The molecular formula is C16H23N3. The van der Waals surface area contributed by atoms with Gasteiger partial charge in [-0.2, -0.15) is 0 Å². The Morgan fingerprint density at radius 3 is 2.79 bits per heavy atom. The zero-order valence-electron chi connectivity index (χ0n) is 11.8. The van der Waals surface area contributed by atoms with Crippen molar-refractivity contribution < 1.29 is 0 Å². The Hall–Kier alpha value is -1.61. The van der Waals surface area contributed by atoms with Crippen LogP contribution in [0.5, 0.6) is 0 Å². The van der Waals surface area contributed by atoms with Crippen molar-refractivity contribution in [2.24, 2.45) is 0 Å². The highest BCUT2D eigenvalue weighted by molar-refractivity contribution is 5.55. The van der Waals surface area contributed by atoms with Crippen molar-refractivity contribution >= 4 is 0 Å². The number of hydrogen-bond donors (Lipinski definition) is 1. The maximum atomic E-state index is 4.46. The van der Waals surface area contributed by atoms with Gasteiger partial charge in [0.05, 0.1) is 0 Å². The molecule has 0 bridgehead atoms. The van der Waals surface area contributed by atoms with Gasteiger partial charge in [-0.1, -0.05) is 43.7 Å². The van der Waals surface area contributed by atoms with Crippen LogP contribution in [0.2, 0.25) is 0 Å². The predicted octanol–water partition coefficient (Wildman–Crippen LogP) is 3.33. The van der Waals surface area contributed by atoms with E-state index < -0.39 is 0 Å². The van der Waals surface area contributed by atoms with Gasteiger partial charge in [0.25, 0.3) is 0 Å². The van der Waals surface area contributed by atoms with E-state index in [2.05, 4.69) is 59.2 Å². The lowest BCUT2D eigenvalue weighted by Crippen LogP contribution is -2.29. The quantitative estimate of drug-likeness (QED) is 0.824. The lowest BCUT2D eigenvalue weighted by atomic mass is 10.2. The number of rotatable bonds is 7. The first-order valence-electron chi connectivity index (χ1n) is 7.11. The monoisotopic (exact) mass is 257 g/mol. The molecule has 2 aromatic rings. The largest absolute Gasteiger partial charge is 0.330 e. The van der Waals surface area contributed by atoms with Gasteiger partial charge in [0.2, 0.25) is 0 Å². The lowest BCUT2D eigenvalue weighted by Gasteiger charge is -2.14. The molecule has 2 rings (SSSR count). The fraction of sp³-hybridized carbons (Fsp3) is 0.438. The van der Waals surface area contributed by atoms with Gasteiger partial charge in [-0.3, -0.25) is 0 Å². The van der Waals surface area contributed by atoms with Gasteiger partial charge < -0.3 is 9.88 Å². The van der Waals surface area contributed by atoms with Gasteiger partial charge in [-0.15, -0.1) is 0 Å². The molecule has 0 saturated heterocycles. The summed E-state index contributed by atoms with van der Waals surface area (Å²) in [6.07, 6.45) is 6.39. The molecule has 1 aromatic heterocycles. The number of benzene rings is 1. The SMILES string of the molecule is CCCC(C)NCCn1ccnc1-c1ccccc1. The Balaban J connectivity index is 1.94. The van der Waals surface area contributed by atoms with E-state index in [9.17, 15) is 0 Å². The molecule has 1 N–H and O–H groups in total. The summed E-state index contributed by atoms with van der Waals surface area (Å²) in [5, 5.41) is 3.55. The van der Waals surface area contributed by atoms with Gasteiger partial charge >= 0.3 is 0 Å². The zero-order valence-corrected chi connectivity index (χ0v) is 11.8. The molecule has 0 aliphatic rings. The van der Waals surface area contributed by atoms with E-state index in [0.29, 0.717) is 6.04 Å². The Labute approximate surface area is 115 Å². The molecular weight excluding hydrogens is 234 g/mol. The van der Waals surface area contributed by atoms with Crippen LogP contribution in [0.3, 0.4) is 0 Å². The highest BCUT2D eigenvalue weighted by Gasteiger charge is 2.05. The molecule has 0 spiro atoms. The molecule has 1 unspecified atom stereocenters. The van der Waals surface area contributed by atoms with Crippen LogP contribution in [-0.2, 0) is 6.54 Å². The van der Waals surface area contributed by atoms with Crippen molar-refractivity contribution in [3.8, 4) is 11.4 Å². The summed E-state index contributed by atoms with van der Waals surface area (Å²) in [6, 6.07) is 10.9. The fourth-order valence-corrected chi connectivity index (χ4v) is 2.30. The van der Waals surface area contributed by atoms with E-state index in [1.54, 1.807) is 0 Å². The van der Waals surface area contributed by atoms with E-state index in [1.165, 1.54) is 18.4 Å². The summed E-state index contributed by atoms with van der Waals surface area (Å²) in [7, 11) is 0. The Kier molecular flexibility index (Phi) is 5.16. The Morgan fingerprint density at radius 1 is 1.26 bits per heavy atom. The number of aromatic nitrogens is 2. The van der Waals surface area contributed by atoms with Crippen LogP contribution >= 0.6 is 0 Å². The normalized spacial score (nSPS) is 12.5. The third-order valence-electron chi connectivity index (χ3n) is 3.31. The van der Waals surface area contributed by atoms with E-state index in [-0.39, 0.29) is 0 Å². The molecule has 3 heteroatoms. The summed E-state index contributed by atoms with van der Waals surface area (Å²) in [5.74, 6) is 1.05. The molecule has 0 amide bonds. The zero-order chi connectivity index (χ0) is 13.5. The van der Waals surface area contributed by atoms with Gasteiger partial charge in [-0.05, 0) is 13.3 Å².